The van der Waals surface area contributed by atoms with Gasteiger partial charge in [0.15, 0.2) is 0 Å². The molecule has 0 saturated heterocycles. The van der Waals surface area contributed by atoms with Gasteiger partial charge in [-0.05, 0) is 35.0 Å². The molecule has 0 spiro atoms. The number of fused-ring (bicyclic) bond motifs is 1. The fourth-order valence-electron chi connectivity index (χ4n) is 2.03. The van der Waals surface area contributed by atoms with Crippen LogP contribution in [0.3, 0.4) is 0 Å². The van der Waals surface area contributed by atoms with Gasteiger partial charge in [0.2, 0.25) is 0 Å². The summed E-state index contributed by atoms with van der Waals surface area (Å²) >= 11 is 0. The van der Waals surface area contributed by atoms with Gasteiger partial charge in [0.05, 0.1) is 11.1 Å². The van der Waals surface area contributed by atoms with Crippen LogP contribution in [0.25, 0.3) is 10.8 Å². The molecule has 2 aromatic carbocycles. The van der Waals surface area contributed by atoms with Crippen molar-refractivity contribution in [2.75, 3.05) is 0 Å². The molecular weight excluding hydrogens is 327 g/mol. The van der Waals surface area contributed by atoms with Crippen LogP contribution in [0.15, 0.2) is 30.3 Å². The second kappa shape index (κ2) is 5.18. The van der Waals surface area contributed by atoms with E-state index in [9.17, 15) is 31.5 Å². The average Bonchev–Trinajstić information content (AvgIpc) is 2.43. The molecule has 122 valence electrons. The molecular formula is C14H7F5O4. The predicted octanol–water partition coefficient (Wildman–Crippen LogP) is 3.89. The predicted molar refractivity (Wildman–Crippen MR) is 67.8 cm³/mol. The van der Waals surface area contributed by atoms with E-state index >= 15 is 0 Å². The topological polar surface area (TPSA) is 74.6 Å². The number of hydrogen-bond donors (Lipinski definition) is 2. The first-order valence-corrected chi connectivity index (χ1v) is 5.94. The Bertz CT molecular complexity index is 811. The number of aromatic carboxylic acids is 2. The lowest BCUT2D eigenvalue weighted by molar-refractivity contribution is -0.288. The summed E-state index contributed by atoms with van der Waals surface area (Å²) in [5.41, 5.74) is -2.87. The number of carbonyl (C=O) groups is 2. The second-order valence-electron chi connectivity index (χ2n) is 4.64. The SMILES string of the molecule is O=C(O)c1cc(C(F)(F)C(F)(F)F)c2cc(C(=O)O)ccc2c1. The van der Waals surface area contributed by atoms with E-state index in [0.717, 1.165) is 18.2 Å². The standard InChI is InChI=1S/C14H7F5O4/c15-13(16,14(17,18)19)10-5-8(12(22)23)3-6-1-2-7(11(20)21)4-9(6)10/h1-5H,(H,20,21)(H,22,23). The Labute approximate surface area is 124 Å². The summed E-state index contributed by atoms with van der Waals surface area (Å²) in [6.07, 6.45) is -5.96. The van der Waals surface area contributed by atoms with Gasteiger partial charge in [-0.1, -0.05) is 6.07 Å². The largest absolute Gasteiger partial charge is 0.478 e. The summed E-state index contributed by atoms with van der Waals surface area (Å²) in [4.78, 5) is 21.8. The van der Waals surface area contributed by atoms with Crippen LogP contribution < -0.4 is 0 Å². The molecule has 0 fully saturated rings. The molecule has 0 aromatic heterocycles. The molecule has 4 nitrogen and oxygen atoms in total. The van der Waals surface area contributed by atoms with Crippen LogP contribution >= 0.6 is 0 Å². The van der Waals surface area contributed by atoms with Crippen LogP contribution in [0.5, 0.6) is 0 Å². The van der Waals surface area contributed by atoms with Crippen LogP contribution in [0.4, 0.5) is 22.0 Å². The quantitative estimate of drug-likeness (QED) is 0.835. The van der Waals surface area contributed by atoms with Gasteiger partial charge in [-0.2, -0.15) is 22.0 Å². The third-order valence-electron chi connectivity index (χ3n) is 3.14. The molecule has 0 aliphatic rings. The van der Waals surface area contributed by atoms with Crippen molar-refractivity contribution in [1.82, 2.24) is 0 Å². The molecule has 0 saturated carbocycles. The van der Waals surface area contributed by atoms with E-state index in [2.05, 4.69) is 0 Å². The third kappa shape index (κ3) is 2.81. The van der Waals surface area contributed by atoms with E-state index in [1.807, 2.05) is 0 Å². The summed E-state index contributed by atoms with van der Waals surface area (Å²) in [7, 11) is 0. The molecule has 2 aromatic rings. The minimum Gasteiger partial charge on any atom is -0.478 e. The Balaban J connectivity index is 2.90. The molecule has 0 aliphatic carbocycles. The summed E-state index contributed by atoms with van der Waals surface area (Å²) in [6, 6.07) is 3.69. The van der Waals surface area contributed by atoms with Crippen LogP contribution in [-0.4, -0.2) is 28.3 Å². The first-order chi connectivity index (χ1) is 10.4. The number of halogens is 5. The molecule has 0 radical (unpaired) electrons. The van der Waals surface area contributed by atoms with Crippen molar-refractivity contribution >= 4 is 22.7 Å². The number of carboxylic acids is 2. The number of benzene rings is 2. The van der Waals surface area contributed by atoms with Gasteiger partial charge < -0.3 is 10.2 Å². The maximum Gasteiger partial charge on any atom is 0.458 e. The summed E-state index contributed by atoms with van der Waals surface area (Å²) in [5.74, 6) is -8.54. The zero-order chi connectivity index (χ0) is 17.6. The van der Waals surface area contributed by atoms with Crippen molar-refractivity contribution < 1.29 is 41.8 Å². The smallest absolute Gasteiger partial charge is 0.458 e. The van der Waals surface area contributed by atoms with Gasteiger partial charge >= 0.3 is 24.0 Å². The normalized spacial score (nSPS) is 12.4. The van der Waals surface area contributed by atoms with Gasteiger partial charge in [-0.25, -0.2) is 9.59 Å². The minimum atomic E-state index is -5.96. The van der Waals surface area contributed by atoms with E-state index in [-0.39, 0.29) is 11.5 Å². The van der Waals surface area contributed by atoms with Crippen molar-refractivity contribution in [2.24, 2.45) is 0 Å². The Morgan fingerprint density at radius 1 is 0.826 bits per heavy atom. The van der Waals surface area contributed by atoms with Gasteiger partial charge in [-0.3, -0.25) is 0 Å². The van der Waals surface area contributed by atoms with Crippen molar-refractivity contribution in [3.05, 3.63) is 47.0 Å². The van der Waals surface area contributed by atoms with E-state index < -0.39 is 46.1 Å². The number of rotatable bonds is 3. The lowest BCUT2D eigenvalue weighted by Crippen LogP contribution is -2.34. The van der Waals surface area contributed by atoms with Crippen LogP contribution in [0.2, 0.25) is 0 Å². The average molecular weight is 334 g/mol. The Hall–Kier alpha value is -2.71. The Morgan fingerprint density at radius 2 is 1.39 bits per heavy atom. The third-order valence-corrected chi connectivity index (χ3v) is 3.14. The summed E-state index contributed by atoms with van der Waals surface area (Å²) in [5, 5.41) is 16.8. The van der Waals surface area contributed by atoms with Crippen LogP contribution in [0.1, 0.15) is 26.3 Å². The van der Waals surface area contributed by atoms with E-state index in [1.54, 1.807) is 0 Å². The lowest BCUT2D eigenvalue weighted by Gasteiger charge is -2.22. The van der Waals surface area contributed by atoms with E-state index in [0.29, 0.717) is 6.07 Å². The van der Waals surface area contributed by atoms with E-state index in [4.69, 9.17) is 10.2 Å². The highest BCUT2D eigenvalue weighted by Gasteiger charge is 2.59. The fourth-order valence-corrected chi connectivity index (χ4v) is 2.03. The first-order valence-electron chi connectivity index (χ1n) is 5.94. The molecule has 0 bridgehead atoms. The van der Waals surface area contributed by atoms with Crippen molar-refractivity contribution in [1.29, 1.82) is 0 Å². The number of carboxylic acid groups (broad SMARTS) is 2. The van der Waals surface area contributed by atoms with Crippen LogP contribution in [0, 0.1) is 0 Å². The number of alkyl halides is 5. The monoisotopic (exact) mass is 334 g/mol. The molecule has 9 heteroatoms. The van der Waals surface area contributed by atoms with E-state index in [1.165, 1.54) is 0 Å². The maximum absolute atomic E-state index is 13.7. The highest BCUT2D eigenvalue weighted by molar-refractivity contribution is 5.99. The molecule has 0 aliphatic heterocycles. The molecule has 0 amide bonds. The molecule has 0 heterocycles. The fraction of sp³-hybridized carbons (Fsp3) is 0.143. The molecule has 2 rings (SSSR count). The Kier molecular flexibility index (Phi) is 3.75. The van der Waals surface area contributed by atoms with Gasteiger partial charge in [-0.15, -0.1) is 0 Å². The minimum absolute atomic E-state index is 0.198. The highest BCUT2D eigenvalue weighted by atomic mass is 19.4. The van der Waals surface area contributed by atoms with Crippen LogP contribution in [-0.2, 0) is 5.92 Å². The molecule has 2 N–H and O–H groups in total. The van der Waals surface area contributed by atoms with Gasteiger partial charge in [0.25, 0.3) is 0 Å². The lowest BCUT2D eigenvalue weighted by atomic mass is 9.95. The molecule has 0 atom stereocenters. The second-order valence-corrected chi connectivity index (χ2v) is 4.64. The summed E-state index contributed by atoms with van der Waals surface area (Å²) in [6.45, 7) is 0. The highest BCUT2D eigenvalue weighted by Crippen LogP contribution is 2.46. The zero-order valence-electron chi connectivity index (χ0n) is 11.0. The van der Waals surface area contributed by atoms with Gasteiger partial charge in [0.1, 0.15) is 0 Å². The van der Waals surface area contributed by atoms with Crippen molar-refractivity contribution in [2.45, 2.75) is 12.1 Å². The zero-order valence-corrected chi connectivity index (χ0v) is 11.0. The van der Waals surface area contributed by atoms with Gasteiger partial charge in [0, 0.05) is 5.56 Å². The number of hydrogen-bond acceptors (Lipinski definition) is 2. The molecule has 23 heavy (non-hydrogen) atoms. The summed E-state index contributed by atoms with van der Waals surface area (Å²) < 4.78 is 65.3. The molecule has 0 unspecified atom stereocenters. The Morgan fingerprint density at radius 3 is 1.87 bits per heavy atom. The van der Waals surface area contributed by atoms with Crippen molar-refractivity contribution in [3.8, 4) is 0 Å². The van der Waals surface area contributed by atoms with Crippen molar-refractivity contribution in [3.63, 3.8) is 0 Å². The first kappa shape index (κ1) is 16.7. The maximum atomic E-state index is 13.7.